The molecule has 0 aliphatic rings. The average molecular weight is 371 g/mol. The molecule has 0 spiro atoms. The number of rotatable bonds is 6. The number of H-pyrrole nitrogens is 1. The zero-order valence-corrected chi connectivity index (χ0v) is 15.5. The van der Waals surface area contributed by atoms with E-state index >= 15 is 0 Å². The second-order valence-corrected chi connectivity index (χ2v) is 7.28. The number of benzene rings is 2. The van der Waals surface area contributed by atoms with Gasteiger partial charge in [0.1, 0.15) is 0 Å². The number of aromatic amines is 1. The number of aromatic nitrogens is 2. The lowest BCUT2D eigenvalue weighted by Gasteiger charge is -2.17. The summed E-state index contributed by atoms with van der Waals surface area (Å²) in [5.74, 6) is 0. The molecule has 0 radical (unpaired) electrons. The molecular formula is C20H19ClN2OS. The molecule has 3 aromatic rings. The lowest BCUT2D eigenvalue weighted by atomic mass is 10.0. The van der Waals surface area contributed by atoms with Crippen LogP contribution in [0.1, 0.15) is 35.4 Å². The van der Waals surface area contributed by atoms with Gasteiger partial charge in [0.2, 0.25) is 0 Å². The van der Waals surface area contributed by atoms with Crippen LogP contribution < -0.4 is 5.56 Å². The molecule has 1 atom stereocenters. The molecular weight excluding hydrogens is 352 g/mol. The van der Waals surface area contributed by atoms with E-state index in [4.69, 9.17) is 11.6 Å². The molecule has 128 valence electrons. The molecule has 0 saturated carbocycles. The van der Waals surface area contributed by atoms with E-state index in [1.807, 2.05) is 42.5 Å². The van der Waals surface area contributed by atoms with E-state index in [-0.39, 0.29) is 10.8 Å². The highest BCUT2D eigenvalue weighted by atomic mass is 35.5. The first-order valence-corrected chi connectivity index (χ1v) is 9.49. The molecule has 0 aliphatic heterocycles. The Labute approximate surface area is 156 Å². The van der Waals surface area contributed by atoms with Crippen molar-refractivity contribution >= 4 is 23.4 Å². The second kappa shape index (κ2) is 8.37. The molecule has 0 bridgehead atoms. The third-order valence-corrected chi connectivity index (χ3v) is 5.23. The van der Waals surface area contributed by atoms with Gasteiger partial charge in [0, 0.05) is 16.8 Å². The third kappa shape index (κ3) is 4.74. The van der Waals surface area contributed by atoms with Gasteiger partial charge in [0.25, 0.3) is 5.56 Å². The van der Waals surface area contributed by atoms with Gasteiger partial charge in [0.15, 0.2) is 5.16 Å². The third-order valence-electron chi connectivity index (χ3n) is 3.78. The monoisotopic (exact) mass is 370 g/mol. The zero-order valence-electron chi connectivity index (χ0n) is 13.9. The summed E-state index contributed by atoms with van der Waals surface area (Å²) >= 11 is 7.58. The lowest BCUT2D eigenvalue weighted by Crippen LogP contribution is -2.11. The van der Waals surface area contributed by atoms with Crippen LogP contribution in [0.4, 0.5) is 0 Å². The van der Waals surface area contributed by atoms with Gasteiger partial charge in [-0.25, -0.2) is 4.98 Å². The van der Waals surface area contributed by atoms with Gasteiger partial charge in [-0.2, -0.15) is 0 Å². The highest BCUT2D eigenvalue weighted by molar-refractivity contribution is 7.99. The quantitative estimate of drug-likeness (QED) is 0.475. The number of halogens is 1. The van der Waals surface area contributed by atoms with Gasteiger partial charge in [-0.1, -0.05) is 79.2 Å². The number of nitrogens with zero attached hydrogens (tertiary/aromatic N) is 1. The molecule has 0 saturated heterocycles. The van der Waals surface area contributed by atoms with Crippen LogP contribution in [0.2, 0.25) is 5.02 Å². The molecule has 1 N–H and O–H groups in total. The van der Waals surface area contributed by atoms with Crippen molar-refractivity contribution < 1.29 is 0 Å². The van der Waals surface area contributed by atoms with Crippen molar-refractivity contribution in [3.8, 4) is 0 Å². The van der Waals surface area contributed by atoms with Crippen molar-refractivity contribution in [1.29, 1.82) is 0 Å². The van der Waals surface area contributed by atoms with Crippen molar-refractivity contribution in [3.63, 3.8) is 0 Å². The SMILES string of the molecule is CCCc1cc(=O)[nH]c(S[C@H](c2ccccc2)c2ccc(Cl)cc2)n1. The Kier molecular flexibility index (Phi) is 5.95. The normalized spacial score (nSPS) is 12.1. The van der Waals surface area contributed by atoms with Crippen LogP contribution >= 0.6 is 23.4 Å². The Morgan fingerprint density at radius 2 is 1.76 bits per heavy atom. The number of nitrogens with one attached hydrogen (secondary N) is 1. The van der Waals surface area contributed by atoms with E-state index in [0.29, 0.717) is 10.2 Å². The summed E-state index contributed by atoms with van der Waals surface area (Å²) in [5, 5.41) is 1.37. The maximum Gasteiger partial charge on any atom is 0.251 e. The van der Waals surface area contributed by atoms with Gasteiger partial charge >= 0.3 is 0 Å². The fourth-order valence-electron chi connectivity index (χ4n) is 2.63. The number of hydrogen-bond donors (Lipinski definition) is 1. The van der Waals surface area contributed by atoms with Crippen LogP contribution in [-0.4, -0.2) is 9.97 Å². The van der Waals surface area contributed by atoms with Crippen molar-refractivity contribution in [1.82, 2.24) is 9.97 Å². The van der Waals surface area contributed by atoms with Gasteiger partial charge in [-0.15, -0.1) is 0 Å². The minimum absolute atomic E-state index is 0.0264. The summed E-state index contributed by atoms with van der Waals surface area (Å²) < 4.78 is 0. The topological polar surface area (TPSA) is 45.8 Å². The second-order valence-electron chi connectivity index (χ2n) is 5.75. The molecule has 2 aromatic carbocycles. The standard InChI is InChI=1S/C20H19ClN2OS/c1-2-6-17-13-18(24)23-20(22-17)25-19(14-7-4-3-5-8-14)15-9-11-16(21)12-10-15/h3-5,7-13,19H,2,6H2,1H3,(H,22,23,24)/t19-/m1/s1. The average Bonchev–Trinajstić information content (AvgIpc) is 2.61. The van der Waals surface area contributed by atoms with E-state index in [0.717, 1.165) is 29.7 Å². The molecule has 1 heterocycles. The van der Waals surface area contributed by atoms with E-state index in [2.05, 4.69) is 29.0 Å². The van der Waals surface area contributed by atoms with Crippen LogP contribution in [0.3, 0.4) is 0 Å². The first-order valence-electron chi connectivity index (χ1n) is 8.23. The molecule has 25 heavy (non-hydrogen) atoms. The van der Waals surface area contributed by atoms with Crippen LogP contribution in [0.25, 0.3) is 0 Å². The minimum atomic E-state index is -0.108. The van der Waals surface area contributed by atoms with E-state index < -0.39 is 0 Å². The predicted molar refractivity (Wildman–Crippen MR) is 104 cm³/mol. The van der Waals surface area contributed by atoms with Gasteiger partial charge < -0.3 is 4.98 Å². The zero-order chi connectivity index (χ0) is 17.6. The smallest absolute Gasteiger partial charge is 0.251 e. The maximum atomic E-state index is 12.0. The highest BCUT2D eigenvalue weighted by Crippen LogP contribution is 2.39. The molecule has 5 heteroatoms. The van der Waals surface area contributed by atoms with Crippen molar-refractivity contribution in [3.05, 3.63) is 92.9 Å². The fraction of sp³-hybridized carbons (Fsp3) is 0.200. The molecule has 0 aliphatic carbocycles. The lowest BCUT2D eigenvalue weighted by molar-refractivity contribution is 0.814. The molecule has 3 rings (SSSR count). The Morgan fingerprint density at radius 1 is 1.08 bits per heavy atom. The summed E-state index contributed by atoms with van der Waals surface area (Å²) in [4.78, 5) is 19.4. The first-order chi connectivity index (χ1) is 12.2. The summed E-state index contributed by atoms with van der Waals surface area (Å²) in [7, 11) is 0. The van der Waals surface area contributed by atoms with Crippen LogP contribution in [0.15, 0.2) is 70.6 Å². The molecule has 0 unspecified atom stereocenters. The van der Waals surface area contributed by atoms with Gasteiger partial charge in [-0.3, -0.25) is 4.79 Å². The summed E-state index contributed by atoms with van der Waals surface area (Å²) in [6, 6.07) is 19.6. The van der Waals surface area contributed by atoms with Crippen LogP contribution in [-0.2, 0) is 6.42 Å². The Hall–Kier alpha value is -2.04. The largest absolute Gasteiger partial charge is 0.301 e. The minimum Gasteiger partial charge on any atom is -0.301 e. The van der Waals surface area contributed by atoms with Gasteiger partial charge in [-0.05, 0) is 29.7 Å². The van der Waals surface area contributed by atoms with E-state index in [9.17, 15) is 4.79 Å². The molecule has 0 amide bonds. The molecule has 1 aromatic heterocycles. The van der Waals surface area contributed by atoms with Crippen molar-refractivity contribution in [2.24, 2.45) is 0 Å². The molecule has 0 fully saturated rings. The van der Waals surface area contributed by atoms with Crippen molar-refractivity contribution in [2.75, 3.05) is 0 Å². The van der Waals surface area contributed by atoms with Crippen molar-refractivity contribution in [2.45, 2.75) is 30.2 Å². The Morgan fingerprint density at radius 3 is 2.44 bits per heavy atom. The number of hydrogen-bond acceptors (Lipinski definition) is 3. The van der Waals surface area contributed by atoms with Crippen LogP contribution in [0, 0.1) is 0 Å². The summed E-state index contributed by atoms with van der Waals surface area (Å²) in [6.45, 7) is 2.08. The summed E-state index contributed by atoms with van der Waals surface area (Å²) in [5.41, 5.74) is 2.99. The highest BCUT2D eigenvalue weighted by Gasteiger charge is 2.17. The Bertz CT molecular complexity index is 878. The summed E-state index contributed by atoms with van der Waals surface area (Å²) in [6.07, 6.45) is 1.76. The molecule has 3 nitrogen and oxygen atoms in total. The van der Waals surface area contributed by atoms with Crippen LogP contribution in [0.5, 0.6) is 0 Å². The Balaban J connectivity index is 1.98. The number of thioether (sulfide) groups is 1. The number of aryl methyl sites for hydroxylation is 1. The van der Waals surface area contributed by atoms with E-state index in [1.54, 1.807) is 17.8 Å². The van der Waals surface area contributed by atoms with E-state index in [1.165, 1.54) is 0 Å². The first kappa shape index (κ1) is 17.8. The predicted octanol–water partition coefficient (Wildman–Crippen LogP) is 5.26. The fourth-order valence-corrected chi connectivity index (χ4v) is 3.89. The maximum absolute atomic E-state index is 12.0. The van der Waals surface area contributed by atoms with Gasteiger partial charge in [0.05, 0.1) is 5.25 Å².